The van der Waals surface area contributed by atoms with Crippen LogP contribution in [-0.4, -0.2) is 67.6 Å². The van der Waals surface area contributed by atoms with E-state index >= 15 is 0 Å². The molecule has 1 saturated carbocycles. The molecule has 0 unspecified atom stereocenters. The van der Waals surface area contributed by atoms with Crippen molar-refractivity contribution in [3.63, 3.8) is 0 Å². The molecule has 0 aromatic carbocycles. The number of pyridine rings is 2. The molecule has 1 aliphatic heterocycles. The molecule has 0 spiro atoms. The van der Waals surface area contributed by atoms with Gasteiger partial charge in [0.1, 0.15) is 11.6 Å². The van der Waals surface area contributed by atoms with Crippen LogP contribution in [0.15, 0.2) is 30.5 Å². The SMILES string of the molecule is COC[C@@H](C)NC[C@H]1CC[C@H](Nc2cc(-c3cccc(NCC4(N)CCOCC4)n3)c(Cl)cn2)CC1. The van der Waals surface area contributed by atoms with Gasteiger partial charge in [-0.3, -0.25) is 0 Å². The third-order valence-corrected chi connectivity index (χ3v) is 7.66. The number of halogens is 1. The molecule has 2 aromatic rings. The molecule has 2 fully saturated rings. The summed E-state index contributed by atoms with van der Waals surface area (Å²) in [4.78, 5) is 9.36. The number of nitrogens with one attached hydrogen (secondary N) is 3. The summed E-state index contributed by atoms with van der Waals surface area (Å²) < 4.78 is 10.7. The van der Waals surface area contributed by atoms with Gasteiger partial charge in [-0.15, -0.1) is 0 Å². The van der Waals surface area contributed by atoms with Crippen LogP contribution in [0.1, 0.15) is 45.4 Å². The Bertz CT molecular complexity index is 963. The Morgan fingerprint density at radius 1 is 1.19 bits per heavy atom. The van der Waals surface area contributed by atoms with Gasteiger partial charge in [0.2, 0.25) is 0 Å². The Kier molecular flexibility index (Phi) is 9.79. The minimum Gasteiger partial charge on any atom is -0.383 e. The first-order chi connectivity index (χ1) is 17.4. The first-order valence-electron chi connectivity index (χ1n) is 13.2. The van der Waals surface area contributed by atoms with E-state index in [-0.39, 0.29) is 5.54 Å². The molecule has 0 radical (unpaired) electrons. The van der Waals surface area contributed by atoms with Gasteiger partial charge >= 0.3 is 0 Å². The lowest BCUT2D eigenvalue weighted by Gasteiger charge is -2.33. The zero-order valence-corrected chi connectivity index (χ0v) is 22.3. The molecule has 198 valence electrons. The first kappa shape index (κ1) is 27.1. The van der Waals surface area contributed by atoms with Crippen LogP contribution < -0.4 is 21.7 Å². The number of ether oxygens (including phenoxy) is 2. The smallest absolute Gasteiger partial charge is 0.126 e. The van der Waals surface area contributed by atoms with Crippen molar-refractivity contribution in [2.45, 2.75) is 63.1 Å². The number of nitrogens with zero attached hydrogens (tertiary/aromatic N) is 2. The maximum atomic E-state index is 6.55. The van der Waals surface area contributed by atoms with Crippen molar-refractivity contribution in [2.24, 2.45) is 11.7 Å². The van der Waals surface area contributed by atoms with Crippen molar-refractivity contribution in [3.8, 4) is 11.3 Å². The molecule has 1 aliphatic carbocycles. The van der Waals surface area contributed by atoms with Crippen molar-refractivity contribution < 1.29 is 9.47 Å². The monoisotopic (exact) mass is 516 g/mol. The fraction of sp³-hybridized carbons (Fsp3) is 0.630. The highest BCUT2D eigenvalue weighted by atomic mass is 35.5. The van der Waals surface area contributed by atoms with Gasteiger partial charge in [0.15, 0.2) is 0 Å². The predicted octanol–water partition coefficient (Wildman–Crippen LogP) is 4.31. The highest BCUT2D eigenvalue weighted by molar-refractivity contribution is 6.33. The highest BCUT2D eigenvalue weighted by Crippen LogP contribution is 2.31. The van der Waals surface area contributed by atoms with Crippen LogP contribution in [0.2, 0.25) is 5.02 Å². The quantitative estimate of drug-likeness (QED) is 0.350. The second-order valence-electron chi connectivity index (χ2n) is 10.4. The Labute approximate surface area is 220 Å². The Morgan fingerprint density at radius 3 is 2.72 bits per heavy atom. The van der Waals surface area contributed by atoms with Crippen molar-refractivity contribution in [2.75, 3.05) is 50.7 Å². The third-order valence-electron chi connectivity index (χ3n) is 7.36. The van der Waals surface area contributed by atoms with E-state index in [4.69, 9.17) is 31.8 Å². The lowest BCUT2D eigenvalue weighted by Crippen LogP contribution is -2.50. The molecule has 2 aliphatic rings. The van der Waals surface area contributed by atoms with E-state index in [1.807, 2.05) is 24.3 Å². The van der Waals surface area contributed by atoms with Crippen molar-refractivity contribution >= 4 is 23.2 Å². The van der Waals surface area contributed by atoms with Gasteiger partial charge in [-0.1, -0.05) is 17.7 Å². The number of rotatable bonds is 11. The van der Waals surface area contributed by atoms with Crippen LogP contribution in [0, 0.1) is 5.92 Å². The van der Waals surface area contributed by atoms with Gasteiger partial charge in [-0.2, -0.15) is 0 Å². The van der Waals surface area contributed by atoms with Gasteiger partial charge < -0.3 is 31.2 Å². The summed E-state index contributed by atoms with van der Waals surface area (Å²) in [6.45, 7) is 6.05. The van der Waals surface area contributed by atoms with Crippen LogP contribution in [0.3, 0.4) is 0 Å². The normalized spacial score (nSPS) is 22.7. The molecule has 5 N–H and O–H groups in total. The summed E-state index contributed by atoms with van der Waals surface area (Å²) in [5.41, 5.74) is 7.94. The minimum atomic E-state index is -0.265. The van der Waals surface area contributed by atoms with Gasteiger partial charge in [0.25, 0.3) is 0 Å². The van der Waals surface area contributed by atoms with Crippen molar-refractivity contribution in [1.29, 1.82) is 0 Å². The third kappa shape index (κ3) is 7.76. The summed E-state index contributed by atoms with van der Waals surface area (Å²) >= 11 is 6.55. The molecular weight excluding hydrogens is 476 g/mol. The lowest BCUT2D eigenvalue weighted by atomic mass is 9.86. The Morgan fingerprint density at radius 2 is 1.97 bits per heavy atom. The van der Waals surface area contributed by atoms with E-state index in [9.17, 15) is 0 Å². The highest BCUT2D eigenvalue weighted by Gasteiger charge is 2.28. The standard InChI is InChI=1S/C27H41ClN6O2/c1-19(17-35-2)30-15-20-6-8-21(9-7-20)33-26-14-22(23(28)16-31-26)24-4-3-5-25(34-24)32-18-27(29)10-12-36-13-11-27/h3-5,14,16,19-21,30H,6-13,15,17-18,29H2,1-2H3,(H,31,33)(H,32,34)/t19-,20-,21-/m1/s1. The maximum absolute atomic E-state index is 6.55. The van der Waals surface area contributed by atoms with E-state index in [2.05, 4.69) is 27.9 Å². The van der Waals surface area contributed by atoms with E-state index < -0.39 is 0 Å². The number of hydrogen-bond donors (Lipinski definition) is 4. The van der Waals surface area contributed by atoms with Crippen molar-refractivity contribution in [3.05, 3.63) is 35.5 Å². The molecule has 1 saturated heterocycles. The van der Waals surface area contributed by atoms with Gasteiger partial charge in [-0.25, -0.2) is 9.97 Å². The Hall–Kier alpha value is -1.97. The van der Waals surface area contributed by atoms with Crippen LogP contribution in [0.4, 0.5) is 11.6 Å². The summed E-state index contributed by atoms with van der Waals surface area (Å²) in [6.07, 6.45) is 8.07. The van der Waals surface area contributed by atoms with E-state index in [1.165, 1.54) is 12.8 Å². The van der Waals surface area contributed by atoms with Crippen molar-refractivity contribution in [1.82, 2.24) is 15.3 Å². The average molecular weight is 517 g/mol. The second-order valence-corrected chi connectivity index (χ2v) is 10.8. The molecular formula is C27H41ClN6O2. The molecule has 1 atom stereocenters. The second kappa shape index (κ2) is 13.0. The molecule has 36 heavy (non-hydrogen) atoms. The average Bonchev–Trinajstić information content (AvgIpc) is 2.89. The first-order valence-corrected chi connectivity index (χ1v) is 13.5. The predicted molar refractivity (Wildman–Crippen MR) is 147 cm³/mol. The largest absolute Gasteiger partial charge is 0.383 e. The molecule has 3 heterocycles. The van der Waals surface area contributed by atoms with Crippen LogP contribution in [0.25, 0.3) is 11.3 Å². The number of aromatic nitrogens is 2. The van der Waals surface area contributed by atoms with Gasteiger partial charge in [0.05, 0.1) is 17.3 Å². The lowest BCUT2D eigenvalue weighted by molar-refractivity contribution is 0.0574. The molecule has 0 amide bonds. The summed E-state index contributed by atoms with van der Waals surface area (Å²) in [6, 6.07) is 8.75. The maximum Gasteiger partial charge on any atom is 0.126 e. The topological polar surface area (TPSA) is 106 Å². The summed E-state index contributed by atoms with van der Waals surface area (Å²) in [7, 11) is 1.75. The fourth-order valence-corrected chi connectivity index (χ4v) is 5.22. The van der Waals surface area contributed by atoms with Crippen LogP contribution >= 0.6 is 11.6 Å². The van der Waals surface area contributed by atoms with E-state index in [1.54, 1.807) is 13.3 Å². The molecule has 0 bridgehead atoms. The van der Waals surface area contributed by atoms with Gasteiger partial charge in [0, 0.05) is 56.3 Å². The molecule has 8 nitrogen and oxygen atoms in total. The fourth-order valence-electron chi connectivity index (χ4n) is 5.02. The number of anilines is 2. The molecule has 4 rings (SSSR count). The summed E-state index contributed by atoms with van der Waals surface area (Å²) in [5.74, 6) is 2.34. The number of hydrogen-bond acceptors (Lipinski definition) is 8. The minimum absolute atomic E-state index is 0.265. The zero-order chi connectivity index (χ0) is 25.4. The van der Waals surface area contributed by atoms with E-state index in [0.717, 1.165) is 61.7 Å². The molecule has 2 aromatic heterocycles. The zero-order valence-electron chi connectivity index (χ0n) is 21.6. The van der Waals surface area contributed by atoms with Gasteiger partial charge in [-0.05, 0) is 76.1 Å². The summed E-state index contributed by atoms with van der Waals surface area (Å²) in [5, 5.41) is 11.2. The van der Waals surface area contributed by atoms with Crippen LogP contribution in [0.5, 0.6) is 0 Å². The van der Waals surface area contributed by atoms with Crippen LogP contribution in [-0.2, 0) is 9.47 Å². The molecule has 9 heteroatoms. The number of nitrogens with two attached hydrogens (primary N) is 1. The Balaban J connectivity index is 1.33. The van der Waals surface area contributed by atoms with E-state index in [0.29, 0.717) is 42.8 Å². The number of methoxy groups -OCH3 is 1.